The largest absolute Gasteiger partial charge is 0.369 e. The fourth-order valence-electron chi connectivity index (χ4n) is 2.84. The lowest BCUT2D eigenvalue weighted by molar-refractivity contribution is -0.116. The van der Waals surface area contributed by atoms with Gasteiger partial charge < -0.3 is 20.7 Å². The standard InChI is InChI=1S/C14H18N6O5S/c15-12(21)6-17-26(24,25)9-3-11(16-5-9)14(23)20-2-1-8(7-20)10-4-13(22)19-18-10/h3-5,8,16-17H,1-2,6-7H2,(H2,15,21)(H2,18,19,22). The number of primary amides is 1. The second-order valence-electron chi connectivity index (χ2n) is 5.99. The average Bonchev–Trinajstić information content (AvgIpc) is 3.32. The lowest BCUT2D eigenvalue weighted by atomic mass is 10.1. The van der Waals surface area contributed by atoms with Crippen LogP contribution < -0.4 is 16.0 Å². The SMILES string of the molecule is NC(=O)CNS(=O)(=O)c1c[nH]c(C(=O)N2CCC(c3cc(=O)[nH][nH]3)C2)c1. The molecule has 140 valence electrons. The molecule has 2 aromatic rings. The Hall–Kier alpha value is -2.86. The van der Waals surface area contributed by atoms with Crippen LogP contribution >= 0.6 is 0 Å². The van der Waals surface area contributed by atoms with E-state index in [1.54, 1.807) is 4.90 Å². The molecule has 1 saturated heterocycles. The summed E-state index contributed by atoms with van der Waals surface area (Å²) in [4.78, 5) is 38.6. The molecular formula is C14H18N6O5S. The van der Waals surface area contributed by atoms with Gasteiger partial charge in [0.15, 0.2) is 0 Å². The minimum Gasteiger partial charge on any atom is -0.369 e. The van der Waals surface area contributed by atoms with Gasteiger partial charge in [0.05, 0.1) is 6.54 Å². The number of H-pyrrole nitrogens is 3. The molecule has 1 aliphatic rings. The van der Waals surface area contributed by atoms with E-state index in [2.05, 4.69) is 15.2 Å². The van der Waals surface area contributed by atoms with E-state index in [9.17, 15) is 22.8 Å². The van der Waals surface area contributed by atoms with Crippen LogP contribution in [0.1, 0.15) is 28.5 Å². The van der Waals surface area contributed by atoms with Crippen molar-refractivity contribution >= 4 is 21.8 Å². The number of aromatic nitrogens is 3. The van der Waals surface area contributed by atoms with Gasteiger partial charge in [0.25, 0.3) is 11.5 Å². The number of likely N-dealkylation sites (tertiary alicyclic amines) is 1. The van der Waals surface area contributed by atoms with E-state index in [4.69, 9.17) is 5.73 Å². The number of rotatable bonds is 6. The van der Waals surface area contributed by atoms with Gasteiger partial charge in [-0.15, -0.1) is 0 Å². The van der Waals surface area contributed by atoms with Crippen LogP contribution in [0.4, 0.5) is 0 Å². The zero-order chi connectivity index (χ0) is 18.9. The Morgan fingerprint density at radius 2 is 2.08 bits per heavy atom. The van der Waals surface area contributed by atoms with E-state index in [0.29, 0.717) is 19.5 Å². The average molecular weight is 382 g/mol. The molecule has 11 nitrogen and oxygen atoms in total. The first-order valence-corrected chi connectivity index (χ1v) is 9.28. The van der Waals surface area contributed by atoms with Crippen LogP contribution in [-0.4, -0.2) is 59.9 Å². The number of aromatic amines is 3. The molecule has 1 aliphatic heterocycles. The zero-order valence-electron chi connectivity index (χ0n) is 13.6. The summed E-state index contributed by atoms with van der Waals surface area (Å²) in [7, 11) is -3.94. The molecule has 12 heteroatoms. The van der Waals surface area contributed by atoms with E-state index in [1.165, 1.54) is 18.3 Å². The summed E-state index contributed by atoms with van der Waals surface area (Å²) in [5, 5.41) is 5.25. The molecule has 26 heavy (non-hydrogen) atoms. The Bertz CT molecular complexity index is 987. The molecule has 1 unspecified atom stereocenters. The number of hydrogen-bond acceptors (Lipinski definition) is 5. The van der Waals surface area contributed by atoms with Crippen LogP contribution in [0.3, 0.4) is 0 Å². The number of sulfonamides is 1. The highest BCUT2D eigenvalue weighted by molar-refractivity contribution is 7.89. The van der Waals surface area contributed by atoms with E-state index >= 15 is 0 Å². The third-order valence-corrected chi connectivity index (χ3v) is 5.55. The fourth-order valence-corrected chi connectivity index (χ4v) is 3.82. The van der Waals surface area contributed by atoms with Crippen molar-refractivity contribution in [3.8, 4) is 0 Å². The van der Waals surface area contributed by atoms with Gasteiger partial charge in [-0.3, -0.25) is 19.5 Å². The zero-order valence-corrected chi connectivity index (χ0v) is 14.4. The van der Waals surface area contributed by atoms with Crippen molar-refractivity contribution in [2.45, 2.75) is 17.2 Å². The Morgan fingerprint density at radius 3 is 2.73 bits per heavy atom. The molecule has 0 aliphatic carbocycles. The lowest BCUT2D eigenvalue weighted by Crippen LogP contribution is -2.33. The summed E-state index contributed by atoms with van der Waals surface area (Å²) >= 11 is 0. The van der Waals surface area contributed by atoms with Gasteiger partial charge in [0, 0.05) is 37.0 Å². The van der Waals surface area contributed by atoms with Crippen LogP contribution in [-0.2, 0) is 14.8 Å². The summed E-state index contributed by atoms with van der Waals surface area (Å²) in [5.74, 6) is -1.15. The number of nitrogens with one attached hydrogen (secondary N) is 4. The van der Waals surface area contributed by atoms with Gasteiger partial charge >= 0.3 is 0 Å². The van der Waals surface area contributed by atoms with Gasteiger partial charge in [0.2, 0.25) is 15.9 Å². The molecule has 0 bridgehead atoms. The van der Waals surface area contributed by atoms with Crippen LogP contribution in [0.25, 0.3) is 0 Å². The number of nitrogens with two attached hydrogens (primary N) is 1. The van der Waals surface area contributed by atoms with Crippen LogP contribution in [0.15, 0.2) is 28.0 Å². The van der Waals surface area contributed by atoms with Crippen molar-refractivity contribution in [1.29, 1.82) is 0 Å². The van der Waals surface area contributed by atoms with E-state index in [1.807, 2.05) is 4.72 Å². The number of amides is 2. The van der Waals surface area contributed by atoms with Crippen LogP contribution in [0, 0.1) is 0 Å². The summed E-state index contributed by atoms with van der Waals surface area (Å²) in [6, 6.07) is 2.67. The molecule has 3 heterocycles. The summed E-state index contributed by atoms with van der Waals surface area (Å²) in [5.41, 5.74) is 5.54. The summed E-state index contributed by atoms with van der Waals surface area (Å²) < 4.78 is 26.1. The van der Waals surface area contributed by atoms with Gasteiger partial charge in [-0.25, -0.2) is 13.1 Å². The van der Waals surface area contributed by atoms with Crippen LogP contribution in [0.2, 0.25) is 0 Å². The van der Waals surface area contributed by atoms with E-state index in [-0.39, 0.29) is 28.0 Å². The molecule has 0 aromatic carbocycles. The molecule has 2 amide bonds. The maximum absolute atomic E-state index is 12.6. The van der Waals surface area contributed by atoms with Crippen molar-refractivity contribution in [1.82, 2.24) is 24.8 Å². The predicted molar refractivity (Wildman–Crippen MR) is 89.9 cm³/mol. The minimum atomic E-state index is -3.94. The Morgan fingerprint density at radius 1 is 1.31 bits per heavy atom. The molecule has 1 fully saturated rings. The van der Waals surface area contributed by atoms with E-state index < -0.39 is 22.5 Å². The fraction of sp³-hybridized carbons (Fsp3) is 0.357. The number of nitrogens with zero attached hydrogens (tertiary/aromatic N) is 1. The third-order valence-electron chi connectivity index (χ3n) is 4.17. The molecular weight excluding hydrogens is 364 g/mol. The van der Waals surface area contributed by atoms with E-state index in [0.717, 1.165) is 5.69 Å². The smallest absolute Gasteiger partial charge is 0.270 e. The highest BCUT2D eigenvalue weighted by Crippen LogP contribution is 2.26. The van der Waals surface area contributed by atoms with Gasteiger partial charge in [-0.1, -0.05) is 0 Å². The van der Waals surface area contributed by atoms with Gasteiger partial charge in [-0.2, -0.15) is 0 Å². The molecule has 0 saturated carbocycles. The van der Waals surface area contributed by atoms with Gasteiger partial charge in [0.1, 0.15) is 10.6 Å². The third kappa shape index (κ3) is 3.70. The Labute approximate surface area is 148 Å². The molecule has 2 aromatic heterocycles. The Balaban J connectivity index is 1.69. The van der Waals surface area contributed by atoms with Crippen molar-refractivity contribution in [2.24, 2.45) is 5.73 Å². The van der Waals surface area contributed by atoms with Crippen LogP contribution in [0.5, 0.6) is 0 Å². The molecule has 0 spiro atoms. The highest BCUT2D eigenvalue weighted by atomic mass is 32.2. The normalized spacial score (nSPS) is 17.5. The molecule has 6 N–H and O–H groups in total. The minimum absolute atomic E-state index is 0.00768. The highest BCUT2D eigenvalue weighted by Gasteiger charge is 2.30. The van der Waals surface area contributed by atoms with Crippen molar-refractivity contribution < 1.29 is 18.0 Å². The first-order chi connectivity index (χ1) is 12.3. The maximum Gasteiger partial charge on any atom is 0.270 e. The predicted octanol–water partition coefficient (Wildman–Crippen LogP) is -1.58. The monoisotopic (exact) mass is 382 g/mol. The second kappa shape index (κ2) is 6.80. The topological polar surface area (TPSA) is 174 Å². The van der Waals surface area contributed by atoms with Crippen molar-refractivity contribution in [3.05, 3.63) is 40.1 Å². The molecule has 1 atom stereocenters. The van der Waals surface area contributed by atoms with Crippen molar-refractivity contribution in [3.63, 3.8) is 0 Å². The number of carbonyl (C=O) groups is 2. The maximum atomic E-state index is 12.6. The lowest BCUT2D eigenvalue weighted by Gasteiger charge is -2.15. The second-order valence-corrected chi connectivity index (χ2v) is 7.76. The number of hydrogen-bond donors (Lipinski definition) is 5. The quantitative estimate of drug-likeness (QED) is 0.405. The molecule has 0 radical (unpaired) electrons. The Kier molecular flexibility index (Phi) is 4.70. The molecule has 3 rings (SSSR count). The first-order valence-electron chi connectivity index (χ1n) is 7.79. The first kappa shape index (κ1) is 17.9. The number of carbonyl (C=O) groups excluding carboxylic acids is 2. The summed E-state index contributed by atoms with van der Waals surface area (Å²) in [6.07, 6.45) is 1.86. The summed E-state index contributed by atoms with van der Waals surface area (Å²) in [6.45, 7) is 0.366. The van der Waals surface area contributed by atoms with Gasteiger partial charge in [-0.05, 0) is 12.5 Å². The van der Waals surface area contributed by atoms with Crippen molar-refractivity contribution in [2.75, 3.05) is 19.6 Å².